The third-order valence-corrected chi connectivity index (χ3v) is 3.01. The zero-order chi connectivity index (χ0) is 13.8. The summed E-state index contributed by atoms with van der Waals surface area (Å²) in [6.07, 6.45) is 0. The summed E-state index contributed by atoms with van der Waals surface area (Å²) in [5, 5.41) is 12.9. The van der Waals surface area contributed by atoms with E-state index in [4.69, 9.17) is 28.5 Å². The van der Waals surface area contributed by atoms with Crippen molar-refractivity contribution in [1.82, 2.24) is 0 Å². The third kappa shape index (κ3) is 3.37. The lowest BCUT2D eigenvalue weighted by Gasteiger charge is -2.14. The second-order valence-corrected chi connectivity index (χ2v) is 4.76. The van der Waals surface area contributed by atoms with Crippen LogP contribution in [0.2, 0.25) is 10.0 Å². The maximum Gasteiger partial charge on any atom is 0.143 e. The van der Waals surface area contributed by atoms with Crippen LogP contribution in [0.4, 0.5) is 10.1 Å². The first kappa shape index (κ1) is 13.7. The number of hydrogen-bond acceptors (Lipinski definition) is 2. The van der Waals surface area contributed by atoms with Crippen molar-refractivity contribution < 1.29 is 4.39 Å². The van der Waals surface area contributed by atoms with Gasteiger partial charge in [-0.15, -0.1) is 0 Å². The summed E-state index contributed by atoms with van der Waals surface area (Å²) in [4.78, 5) is 0. The molecular weight excluding hydrogens is 286 g/mol. The highest BCUT2D eigenvalue weighted by molar-refractivity contribution is 6.31. The zero-order valence-electron chi connectivity index (χ0n) is 9.70. The van der Waals surface area contributed by atoms with Gasteiger partial charge < -0.3 is 5.32 Å². The minimum atomic E-state index is -0.810. The smallest absolute Gasteiger partial charge is 0.143 e. The second-order valence-electron chi connectivity index (χ2n) is 3.88. The van der Waals surface area contributed by atoms with Gasteiger partial charge in [0.05, 0.1) is 6.07 Å². The molecule has 19 heavy (non-hydrogen) atoms. The van der Waals surface area contributed by atoms with E-state index in [2.05, 4.69) is 5.32 Å². The molecule has 0 radical (unpaired) electrons. The lowest BCUT2D eigenvalue weighted by molar-refractivity contribution is 0.607. The molecule has 2 aromatic rings. The van der Waals surface area contributed by atoms with Crippen LogP contribution in [0.5, 0.6) is 0 Å². The molecular formula is C14H9Cl2FN2. The van der Waals surface area contributed by atoms with Gasteiger partial charge in [0, 0.05) is 21.3 Å². The molecule has 0 bridgehead atoms. The highest BCUT2D eigenvalue weighted by atomic mass is 35.5. The fourth-order valence-electron chi connectivity index (χ4n) is 1.66. The van der Waals surface area contributed by atoms with Crippen LogP contribution >= 0.6 is 23.2 Å². The van der Waals surface area contributed by atoms with E-state index in [-0.39, 0.29) is 5.56 Å². The number of halogens is 3. The average Bonchev–Trinajstić information content (AvgIpc) is 2.37. The molecule has 2 rings (SSSR count). The maximum absolute atomic E-state index is 13.8. The molecule has 1 atom stereocenters. The van der Waals surface area contributed by atoms with Crippen LogP contribution in [0.3, 0.4) is 0 Å². The lowest BCUT2D eigenvalue weighted by atomic mass is 10.1. The number of nitriles is 1. The Morgan fingerprint density at radius 1 is 1.11 bits per heavy atom. The van der Waals surface area contributed by atoms with Crippen molar-refractivity contribution in [3.05, 3.63) is 63.9 Å². The first-order valence-electron chi connectivity index (χ1n) is 5.47. The molecule has 0 aromatic heterocycles. The topological polar surface area (TPSA) is 35.8 Å². The largest absolute Gasteiger partial charge is 0.366 e. The van der Waals surface area contributed by atoms with E-state index in [9.17, 15) is 4.39 Å². The average molecular weight is 295 g/mol. The number of benzene rings is 2. The van der Waals surface area contributed by atoms with E-state index in [1.165, 1.54) is 12.1 Å². The Morgan fingerprint density at radius 2 is 1.84 bits per heavy atom. The van der Waals surface area contributed by atoms with Gasteiger partial charge in [-0.25, -0.2) is 4.39 Å². The summed E-state index contributed by atoms with van der Waals surface area (Å²) < 4.78 is 13.8. The van der Waals surface area contributed by atoms with Crippen LogP contribution in [0.1, 0.15) is 11.6 Å². The summed E-state index contributed by atoms with van der Waals surface area (Å²) in [7, 11) is 0. The molecule has 96 valence electrons. The summed E-state index contributed by atoms with van der Waals surface area (Å²) in [6, 6.07) is 12.3. The number of rotatable bonds is 3. The van der Waals surface area contributed by atoms with E-state index < -0.39 is 11.9 Å². The molecule has 0 amide bonds. The lowest BCUT2D eigenvalue weighted by Crippen LogP contribution is -2.10. The number of nitrogens with one attached hydrogen (secondary N) is 1. The molecule has 0 aliphatic rings. The van der Waals surface area contributed by atoms with E-state index in [1.54, 1.807) is 30.3 Å². The molecule has 0 heterocycles. The summed E-state index contributed by atoms with van der Waals surface area (Å²) in [5.41, 5.74) is 0.889. The third-order valence-electron chi connectivity index (χ3n) is 2.54. The van der Waals surface area contributed by atoms with E-state index >= 15 is 0 Å². The van der Waals surface area contributed by atoms with Gasteiger partial charge in [-0.05, 0) is 30.3 Å². The highest BCUT2D eigenvalue weighted by Gasteiger charge is 2.15. The predicted molar refractivity (Wildman–Crippen MR) is 74.8 cm³/mol. The number of nitrogens with zero attached hydrogens (tertiary/aromatic N) is 1. The first-order chi connectivity index (χ1) is 9.10. The van der Waals surface area contributed by atoms with Crippen LogP contribution in [-0.2, 0) is 0 Å². The minimum Gasteiger partial charge on any atom is -0.366 e. The Morgan fingerprint density at radius 3 is 2.47 bits per heavy atom. The molecule has 0 saturated carbocycles. The first-order valence-corrected chi connectivity index (χ1v) is 6.22. The van der Waals surface area contributed by atoms with Gasteiger partial charge in [-0.2, -0.15) is 5.26 Å². The Labute approximate surface area is 120 Å². The van der Waals surface area contributed by atoms with E-state index in [0.717, 1.165) is 0 Å². The van der Waals surface area contributed by atoms with Crippen molar-refractivity contribution in [3.8, 4) is 6.07 Å². The SMILES string of the molecule is N#CC(Nc1cccc(Cl)c1)c1ccc(Cl)cc1F. The van der Waals surface area contributed by atoms with Gasteiger partial charge in [0.1, 0.15) is 11.9 Å². The molecule has 5 heteroatoms. The molecule has 0 aliphatic heterocycles. The maximum atomic E-state index is 13.8. The van der Waals surface area contributed by atoms with E-state index in [0.29, 0.717) is 15.7 Å². The van der Waals surface area contributed by atoms with Crippen LogP contribution in [0, 0.1) is 17.1 Å². The van der Waals surface area contributed by atoms with Crippen LogP contribution in [-0.4, -0.2) is 0 Å². The fraction of sp³-hybridized carbons (Fsp3) is 0.0714. The van der Waals surface area contributed by atoms with Crippen molar-refractivity contribution in [1.29, 1.82) is 5.26 Å². The highest BCUT2D eigenvalue weighted by Crippen LogP contribution is 2.25. The number of hydrogen-bond donors (Lipinski definition) is 1. The normalized spacial score (nSPS) is 11.7. The Kier molecular flexibility index (Phi) is 4.26. The van der Waals surface area contributed by atoms with Crippen molar-refractivity contribution in [2.45, 2.75) is 6.04 Å². The van der Waals surface area contributed by atoms with Gasteiger partial charge >= 0.3 is 0 Å². The van der Waals surface area contributed by atoms with Crippen molar-refractivity contribution in [2.75, 3.05) is 5.32 Å². The molecule has 0 aliphatic carbocycles. The molecule has 1 N–H and O–H groups in total. The molecule has 0 fully saturated rings. The molecule has 0 saturated heterocycles. The fourth-order valence-corrected chi connectivity index (χ4v) is 2.01. The van der Waals surface area contributed by atoms with Crippen molar-refractivity contribution in [3.63, 3.8) is 0 Å². The second kappa shape index (κ2) is 5.92. The van der Waals surface area contributed by atoms with Crippen LogP contribution in [0.15, 0.2) is 42.5 Å². The quantitative estimate of drug-likeness (QED) is 0.882. The number of anilines is 1. The molecule has 1 unspecified atom stereocenters. The van der Waals surface area contributed by atoms with Gasteiger partial charge in [-0.3, -0.25) is 0 Å². The van der Waals surface area contributed by atoms with Crippen LogP contribution in [0.25, 0.3) is 0 Å². The summed E-state index contributed by atoms with van der Waals surface area (Å²) in [5.74, 6) is -0.520. The summed E-state index contributed by atoms with van der Waals surface area (Å²) >= 11 is 11.5. The summed E-state index contributed by atoms with van der Waals surface area (Å²) in [6.45, 7) is 0. The predicted octanol–water partition coefficient (Wildman–Crippen LogP) is 4.81. The molecule has 2 aromatic carbocycles. The standard InChI is InChI=1S/C14H9Cl2FN2/c15-9-2-1-3-11(6-9)19-14(8-18)12-5-4-10(16)7-13(12)17/h1-7,14,19H. The van der Waals surface area contributed by atoms with Gasteiger partial charge in [-0.1, -0.05) is 35.3 Å². The Balaban J connectivity index is 2.28. The van der Waals surface area contributed by atoms with Gasteiger partial charge in [0.2, 0.25) is 0 Å². The van der Waals surface area contributed by atoms with E-state index in [1.807, 2.05) is 6.07 Å². The van der Waals surface area contributed by atoms with Crippen molar-refractivity contribution in [2.24, 2.45) is 0 Å². The minimum absolute atomic E-state index is 0.242. The molecule has 0 spiro atoms. The zero-order valence-corrected chi connectivity index (χ0v) is 11.2. The van der Waals surface area contributed by atoms with Crippen molar-refractivity contribution >= 4 is 28.9 Å². The van der Waals surface area contributed by atoms with Crippen LogP contribution < -0.4 is 5.32 Å². The Bertz CT molecular complexity index is 638. The van der Waals surface area contributed by atoms with Gasteiger partial charge in [0.15, 0.2) is 0 Å². The van der Waals surface area contributed by atoms with Gasteiger partial charge in [0.25, 0.3) is 0 Å². The molecule has 2 nitrogen and oxygen atoms in total. The Hall–Kier alpha value is -1.76. The monoisotopic (exact) mass is 294 g/mol.